The Morgan fingerprint density at radius 1 is 1.33 bits per heavy atom. The Hall–Kier alpha value is 0.0600. The van der Waals surface area contributed by atoms with Gasteiger partial charge in [-0.1, -0.05) is 49.5 Å². The summed E-state index contributed by atoms with van der Waals surface area (Å²) in [5.74, 6) is 0.505. The molecule has 0 aromatic carbocycles. The van der Waals surface area contributed by atoms with E-state index in [1.807, 2.05) is 26.8 Å². The summed E-state index contributed by atoms with van der Waals surface area (Å²) >= 11 is 11.7. The van der Waals surface area contributed by atoms with Crippen molar-refractivity contribution in [2.45, 2.75) is 34.1 Å². The summed E-state index contributed by atoms with van der Waals surface area (Å²) in [6, 6.07) is 0. The van der Waals surface area contributed by atoms with Crippen molar-refractivity contribution in [1.29, 1.82) is 0 Å². The lowest BCUT2D eigenvalue weighted by molar-refractivity contribution is 0.677. The Bertz CT molecular complexity index is 202. The molecule has 0 heterocycles. The summed E-state index contributed by atoms with van der Waals surface area (Å²) in [5, 5.41) is 1.67. The predicted molar refractivity (Wildman–Crippen MR) is 57.6 cm³/mol. The third-order valence-corrected chi connectivity index (χ3v) is 2.57. The monoisotopic (exact) mass is 206 g/mol. The number of hydrogen-bond donors (Lipinski definition) is 0. The fourth-order valence-corrected chi connectivity index (χ4v) is 1.71. The minimum atomic E-state index is 0.505. The highest BCUT2D eigenvalue weighted by atomic mass is 35.5. The average molecular weight is 207 g/mol. The van der Waals surface area contributed by atoms with Gasteiger partial charge in [-0.25, -0.2) is 0 Å². The highest BCUT2D eigenvalue weighted by Crippen LogP contribution is 2.32. The summed E-state index contributed by atoms with van der Waals surface area (Å²) in [7, 11) is 0. The van der Waals surface area contributed by atoms with E-state index in [1.54, 1.807) is 0 Å². The first-order valence-corrected chi connectivity index (χ1v) is 5.09. The molecular weight excluding hydrogens is 191 g/mol. The van der Waals surface area contributed by atoms with E-state index in [9.17, 15) is 0 Å². The molecule has 0 nitrogen and oxygen atoms in total. The molecule has 1 rings (SSSR count). The van der Waals surface area contributed by atoms with E-state index in [-0.39, 0.29) is 0 Å². The molecule has 0 aromatic heterocycles. The fourth-order valence-electron chi connectivity index (χ4n) is 0.991. The zero-order valence-corrected chi connectivity index (χ0v) is 9.63. The summed E-state index contributed by atoms with van der Waals surface area (Å²) in [6.07, 6.45) is 2.77. The number of hydrogen-bond acceptors (Lipinski definition) is 0. The molecule has 1 aliphatic carbocycles. The van der Waals surface area contributed by atoms with Crippen molar-refractivity contribution in [3.8, 4) is 0 Å². The van der Waals surface area contributed by atoms with Crippen molar-refractivity contribution in [2.24, 2.45) is 5.92 Å². The second-order valence-corrected chi connectivity index (χ2v) is 3.62. The molecule has 0 aliphatic heterocycles. The molecule has 0 amide bonds. The molecular formula is C10H16Cl2. The smallest absolute Gasteiger partial charge is 0.0409 e. The van der Waals surface area contributed by atoms with E-state index >= 15 is 0 Å². The van der Waals surface area contributed by atoms with Crippen LogP contribution in [0.3, 0.4) is 0 Å². The molecule has 1 atom stereocenters. The van der Waals surface area contributed by atoms with Crippen molar-refractivity contribution in [3.63, 3.8) is 0 Å². The topological polar surface area (TPSA) is 0 Å². The summed E-state index contributed by atoms with van der Waals surface area (Å²) < 4.78 is 0. The van der Waals surface area contributed by atoms with E-state index in [0.29, 0.717) is 5.92 Å². The van der Waals surface area contributed by atoms with Crippen molar-refractivity contribution >= 4 is 23.2 Å². The lowest BCUT2D eigenvalue weighted by Gasteiger charge is -2.17. The van der Waals surface area contributed by atoms with Gasteiger partial charge in [-0.3, -0.25) is 0 Å². The lowest BCUT2D eigenvalue weighted by Crippen LogP contribution is -2.02. The van der Waals surface area contributed by atoms with E-state index in [0.717, 1.165) is 16.5 Å². The maximum absolute atomic E-state index is 5.88. The van der Waals surface area contributed by atoms with Crippen molar-refractivity contribution in [2.75, 3.05) is 0 Å². The van der Waals surface area contributed by atoms with Crippen LogP contribution in [0.25, 0.3) is 0 Å². The fraction of sp³-hybridized carbons (Fsp3) is 0.600. The molecule has 1 aliphatic rings. The van der Waals surface area contributed by atoms with Gasteiger partial charge in [0.05, 0.1) is 0 Å². The third kappa shape index (κ3) is 3.20. The first-order chi connectivity index (χ1) is 5.61. The number of halogens is 2. The van der Waals surface area contributed by atoms with Gasteiger partial charge < -0.3 is 0 Å². The van der Waals surface area contributed by atoms with E-state index in [4.69, 9.17) is 23.2 Å². The van der Waals surface area contributed by atoms with Gasteiger partial charge in [0, 0.05) is 10.1 Å². The Morgan fingerprint density at radius 3 is 2.25 bits per heavy atom. The van der Waals surface area contributed by atoms with Gasteiger partial charge in [0.25, 0.3) is 0 Å². The quantitative estimate of drug-likeness (QED) is 0.540. The highest BCUT2D eigenvalue weighted by Gasteiger charge is 2.14. The SMILES string of the molecule is CC.CC1=C(Cl)C=C(Cl)CC1C. The Kier molecular flexibility index (Phi) is 5.69. The average Bonchev–Trinajstić information content (AvgIpc) is 2.04. The first kappa shape index (κ1) is 12.1. The Morgan fingerprint density at radius 2 is 1.83 bits per heavy atom. The number of rotatable bonds is 0. The molecule has 0 saturated heterocycles. The van der Waals surface area contributed by atoms with E-state index in [1.165, 1.54) is 5.57 Å². The lowest BCUT2D eigenvalue weighted by atomic mass is 9.94. The van der Waals surface area contributed by atoms with E-state index in [2.05, 4.69) is 6.92 Å². The number of allylic oxidation sites excluding steroid dienone is 4. The van der Waals surface area contributed by atoms with E-state index < -0.39 is 0 Å². The van der Waals surface area contributed by atoms with Crippen LogP contribution < -0.4 is 0 Å². The van der Waals surface area contributed by atoms with Crippen LogP contribution in [0.15, 0.2) is 21.7 Å². The Labute approximate surface area is 85.3 Å². The van der Waals surface area contributed by atoms with Crippen molar-refractivity contribution < 1.29 is 0 Å². The maximum atomic E-state index is 5.88. The van der Waals surface area contributed by atoms with Gasteiger partial charge in [-0.05, 0) is 25.3 Å². The van der Waals surface area contributed by atoms with Crippen LogP contribution in [0, 0.1) is 5.92 Å². The van der Waals surface area contributed by atoms with Gasteiger partial charge in [-0.15, -0.1) is 0 Å². The van der Waals surface area contributed by atoms with Crippen LogP contribution in [0.4, 0.5) is 0 Å². The largest absolute Gasteiger partial charge is 0.0891 e. The second kappa shape index (κ2) is 5.66. The van der Waals surface area contributed by atoms with Crippen LogP contribution in [0.2, 0.25) is 0 Å². The first-order valence-electron chi connectivity index (χ1n) is 4.33. The molecule has 0 fully saturated rings. The molecule has 1 unspecified atom stereocenters. The molecule has 70 valence electrons. The zero-order chi connectivity index (χ0) is 9.72. The molecule has 0 saturated carbocycles. The molecule has 0 radical (unpaired) electrons. The van der Waals surface area contributed by atoms with Gasteiger partial charge >= 0.3 is 0 Å². The summed E-state index contributed by atoms with van der Waals surface area (Å²) in [6.45, 7) is 8.18. The Balaban J connectivity index is 0.000000561. The molecule has 12 heavy (non-hydrogen) atoms. The van der Waals surface area contributed by atoms with Crippen LogP contribution in [0.1, 0.15) is 34.1 Å². The molecule has 0 aromatic rings. The molecule has 0 bridgehead atoms. The standard InChI is InChI=1S/C8H10Cl2.C2H6/c1-5-3-7(9)4-8(10)6(5)2;1-2/h4-5H,3H2,1-2H3;1-2H3. The van der Waals surface area contributed by atoms with Gasteiger partial charge in [0.15, 0.2) is 0 Å². The minimum Gasteiger partial charge on any atom is -0.0891 e. The third-order valence-electron chi connectivity index (χ3n) is 1.90. The van der Waals surface area contributed by atoms with Crippen molar-refractivity contribution in [1.82, 2.24) is 0 Å². The maximum Gasteiger partial charge on any atom is 0.0409 e. The minimum absolute atomic E-state index is 0.505. The molecule has 0 N–H and O–H groups in total. The van der Waals surface area contributed by atoms with Gasteiger partial charge in [-0.2, -0.15) is 0 Å². The molecule has 0 spiro atoms. The summed E-state index contributed by atoms with van der Waals surface area (Å²) in [5.41, 5.74) is 1.24. The molecule has 2 heteroatoms. The van der Waals surface area contributed by atoms with Crippen LogP contribution >= 0.6 is 23.2 Å². The van der Waals surface area contributed by atoms with Crippen molar-refractivity contribution in [3.05, 3.63) is 21.7 Å². The normalized spacial score (nSPS) is 22.8. The van der Waals surface area contributed by atoms with Crippen LogP contribution in [-0.4, -0.2) is 0 Å². The zero-order valence-electron chi connectivity index (χ0n) is 8.12. The predicted octanol–water partition coefficient (Wildman–Crippen LogP) is 4.69. The highest BCUT2D eigenvalue weighted by molar-refractivity contribution is 6.35. The van der Waals surface area contributed by atoms with Crippen LogP contribution in [-0.2, 0) is 0 Å². The summed E-state index contributed by atoms with van der Waals surface area (Å²) in [4.78, 5) is 0. The second-order valence-electron chi connectivity index (χ2n) is 2.73. The van der Waals surface area contributed by atoms with Crippen LogP contribution in [0.5, 0.6) is 0 Å². The van der Waals surface area contributed by atoms with Gasteiger partial charge in [0.1, 0.15) is 0 Å². The van der Waals surface area contributed by atoms with Gasteiger partial charge in [0.2, 0.25) is 0 Å².